The largest absolute Gasteiger partial charge is 0.451 e. The highest BCUT2D eigenvalue weighted by Crippen LogP contribution is 2.64. The number of carbonyl (C=O) groups is 2. The average Bonchev–Trinajstić information content (AvgIpc) is 3.34. The molecule has 1 aliphatic heterocycles. The molecular weight excluding hydrogens is 474 g/mol. The van der Waals surface area contributed by atoms with E-state index in [2.05, 4.69) is 19.2 Å². The second-order valence-corrected chi connectivity index (χ2v) is 12.8. The standard InChI is InChI=1S/C33H41NO4/c1-32-18-9-14-25(32)24-15-16-28-33(2,26(24)17-19-32)20-27(31(36)34-28)37-21-29(35)38-30(22-10-5-3-6-11-22)23-12-7-4-8-13-23/h3-8,10-13,24-28,30H,9,14-21H2,1-2H3,(H,34,36)/t24-,25-,26+,27?,28?,32-,33+/m0/s1. The van der Waals surface area contributed by atoms with Gasteiger partial charge >= 0.3 is 5.97 Å². The Morgan fingerprint density at radius 1 is 0.921 bits per heavy atom. The van der Waals surface area contributed by atoms with Gasteiger partial charge in [-0.25, -0.2) is 4.79 Å². The van der Waals surface area contributed by atoms with Crippen LogP contribution in [0.5, 0.6) is 0 Å². The molecule has 1 N–H and O–H groups in total. The second-order valence-electron chi connectivity index (χ2n) is 12.8. The molecule has 202 valence electrons. The van der Waals surface area contributed by atoms with Gasteiger partial charge in [-0.15, -0.1) is 0 Å². The number of benzene rings is 2. The van der Waals surface area contributed by atoms with E-state index < -0.39 is 18.2 Å². The predicted molar refractivity (Wildman–Crippen MR) is 146 cm³/mol. The van der Waals surface area contributed by atoms with Crippen molar-refractivity contribution in [2.75, 3.05) is 6.61 Å². The quantitative estimate of drug-likeness (QED) is 0.464. The van der Waals surface area contributed by atoms with E-state index in [1.807, 2.05) is 60.7 Å². The molecule has 2 unspecified atom stereocenters. The van der Waals surface area contributed by atoms with Crippen molar-refractivity contribution in [1.29, 1.82) is 0 Å². The van der Waals surface area contributed by atoms with Crippen molar-refractivity contribution in [2.45, 2.75) is 83.5 Å². The Balaban J connectivity index is 1.13. The van der Waals surface area contributed by atoms with Crippen LogP contribution in [0, 0.1) is 28.6 Å². The number of esters is 1. The highest BCUT2D eigenvalue weighted by molar-refractivity contribution is 5.83. The Morgan fingerprint density at radius 2 is 1.61 bits per heavy atom. The molecule has 1 saturated heterocycles. The summed E-state index contributed by atoms with van der Waals surface area (Å²) in [5, 5.41) is 3.31. The van der Waals surface area contributed by atoms with Crippen LogP contribution in [0.4, 0.5) is 0 Å². The lowest BCUT2D eigenvalue weighted by molar-refractivity contribution is -0.167. The van der Waals surface area contributed by atoms with Crippen molar-refractivity contribution in [3.05, 3.63) is 71.8 Å². The number of rotatable bonds is 6. The summed E-state index contributed by atoms with van der Waals surface area (Å²) in [6.45, 7) is 4.67. The van der Waals surface area contributed by atoms with Crippen LogP contribution in [0.2, 0.25) is 0 Å². The first-order valence-electron chi connectivity index (χ1n) is 14.6. The second kappa shape index (κ2) is 10.1. The fraction of sp³-hybridized carbons (Fsp3) is 0.576. The van der Waals surface area contributed by atoms with Gasteiger partial charge in [-0.2, -0.15) is 0 Å². The SMILES string of the molecule is C[C@@]12CCC[C@H]1[C@@H]1CCC3NC(=O)C(OCC(=O)OC(c4ccccc4)c4ccccc4)C[C@]3(C)[C@@H]1CC2. The third-order valence-corrected chi connectivity index (χ3v) is 10.7. The molecule has 7 atom stereocenters. The highest BCUT2D eigenvalue weighted by atomic mass is 16.6. The van der Waals surface area contributed by atoms with Crippen molar-refractivity contribution in [1.82, 2.24) is 5.32 Å². The minimum Gasteiger partial charge on any atom is -0.451 e. The topological polar surface area (TPSA) is 64.6 Å². The molecule has 1 amide bonds. The molecule has 0 aromatic heterocycles. The third-order valence-electron chi connectivity index (χ3n) is 10.7. The van der Waals surface area contributed by atoms with Crippen LogP contribution in [0.1, 0.15) is 82.4 Å². The Morgan fingerprint density at radius 3 is 2.29 bits per heavy atom. The summed E-state index contributed by atoms with van der Waals surface area (Å²) in [5.41, 5.74) is 2.33. The number of carbonyl (C=O) groups excluding carboxylic acids is 2. The molecule has 0 radical (unpaired) electrons. The van der Waals surface area contributed by atoms with E-state index in [0.717, 1.165) is 29.4 Å². The lowest BCUT2D eigenvalue weighted by Gasteiger charge is -2.60. The molecule has 2 aromatic rings. The zero-order valence-corrected chi connectivity index (χ0v) is 22.7. The normalized spacial score (nSPS) is 36.1. The maximum atomic E-state index is 13.1. The number of fused-ring (bicyclic) bond motifs is 5. The van der Waals surface area contributed by atoms with E-state index in [1.54, 1.807) is 0 Å². The molecule has 5 nitrogen and oxygen atoms in total. The molecule has 4 fully saturated rings. The molecule has 0 spiro atoms. The van der Waals surface area contributed by atoms with Crippen molar-refractivity contribution in [3.63, 3.8) is 0 Å². The molecule has 3 aliphatic carbocycles. The van der Waals surface area contributed by atoms with Crippen LogP contribution in [0.25, 0.3) is 0 Å². The number of nitrogens with one attached hydrogen (secondary N) is 1. The number of hydrogen-bond donors (Lipinski definition) is 1. The van der Waals surface area contributed by atoms with Gasteiger partial charge in [0.25, 0.3) is 0 Å². The van der Waals surface area contributed by atoms with Crippen LogP contribution < -0.4 is 5.32 Å². The zero-order chi connectivity index (χ0) is 26.3. The highest BCUT2D eigenvalue weighted by Gasteiger charge is 2.59. The number of hydrogen-bond acceptors (Lipinski definition) is 4. The summed E-state index contributed by atoms with van der Waals surface area (Å²) in [6.07, 6.45) is 8.47. The van der Waals surface area contributed by atoms with Crippen molar-refractivity contribution >= 4 is 11.9 Å². The molecule has 0 bridgehead atoms. The fourth-order valence-electron chi connectivity index (χ4n) is 8.79. The molecule has 3 saturated carbocycles. The first-order valence-corrected chi connectivity index (χ1v) is 14.6. The van der Waals surface area contributed by atoms with Gasteiger partial charge in [-0.1, -0.05) is 80.9 Å². The molecule has 1 heterocycles. The smallest absolute Gasteiger partial charge is 0.333 e. The number of ether oxygens (including phenoxy) is 2. The van der Waals surface area contributed by atoms with Gasteiger partial charge in [0, 0.05) is 6.04 Å². The molecule has 6 rings (SSSR count). The summed E-state index contributed by atoms with van der Waals surface area (Å²) in [5.74, 6) is 1.64. The predicted octanol–water partition coefficient (Wildman–Crippen LogP) is 6.23. The molecule has 4 aliphatic rings. The minimum absolute atomic E-state index is 0.00588. The maximum Gasteiger partial charge on any atom is 0.333 e. The van der Waals surface area contributed by atoms with E-state index in [-0.39, 0.29) is 24.0 Å². The average molecular weight is 516 g/mol. The van der Waals surface area contributed by atoms with Gasteiger partial charge in [0.2, 0.25) is 5.91 Å². The Labute approximate surface area is 226 Å². The first kappa shape index (κ1) is 25.6. The zero-order valence-electron chi connectivity index (χ0n) is 22.7. The fourth-order valence-corrected chi connectivity index (χ4v) is 8.79. The first-order chi connectivity index (χ1) is 18.4. The van der Waals surface area contributed by atoms with E-state index in [4.69, 9.17) is 9.47 Å². The van der Waals surface area contributed by atoms with Gasteiger partial charge in [0.05, 0.1) is 0 Å². The van der Waals surface area contributed by atoms with Crippen LogP contribution in [0.3, 0.4) is 0 Å². The summed E-state index contributed by atoms with van der Waals surface area (Å²) in [7, 11) is 0. The Kier molecular flexibility index (Phi) is 6.84. The molecule has 2 aromatic carbocycles. The van der Waals surface area contributed by atoms with Gasteiger partial charge < -0.3 is 14.8 Å². The molecule has 38 heavy (non-hydrogen) atoms. The van der Waals surface area contributed by atoms with Gasteiger partial charge in [-0.3, -0.25) is 4.79 Å². The lowest BCUT2D eigenvalue weighted by atomic mass is 9.47. The van der Waals surface area contributed by atoms with Gasteiger partial charge in [0.15, 0.2) is 6.10 Å². The third kappa shape index (κ3) is 4.57. The maximum absolute atomic E-state index is 13.1. The van der Waals surface area contributed by atoms with Crippen LogP contribution in [-0.4, -0.2) is 30.6 Å². The van der Waals surface area contributed by atoms with Crippen molar-refractivity contribution in [2.24, 2.45) is 28.6 Å². The number of piperidine rings is 1. The minimum atomic E-state index is -0.619. The summed E-state index contributed by atoms with van der Waals surface area (Å²) >= 11 is 0. The van der Waals surface area contributed by atoms with E-state index in [1.165, 1.54) is 38.5 Å². The van der Waals surface area contributed by atoms with Gasteiger partial charge in [0.1, 0.15) is 12.7 Å². The van der Waals surface area contributed by atoms with Gasteiger partial charge in [-0.05, 0) is 84.7 Å². The molecular formula is C33H41NO4. The Hall–Kier alpha value is -2.66. The summed E-state index contributed by atoms with van der Waals surface area (Å²) in [4.78, 5) is 26.1. The summed E-state index contributed by atoms with van der Waals surface area (Å²) in [6, 6.07) is 19.7. The monoisotopic (exact) mass is 515 g/mol. The Bertz CT molecular complexity index is 1110. The molecule has 5 heteroatoms. The van der Waals surface area contributed by atoms with Crippen LogP contribution in [-0.2, 0) is 19.1 Å². The van der Waals surface area contributed by atoms with E-state index in [9.17, 15) is 9.59 Å². The van der Waals surface area contributed by atoms with Crippen LogP contribution in [0.15, 0.2) is 60.7 Å². The van der Waals surface area contributed by atoms with Crippen LogP contribution >= 0.6 is 0 Å². The number of amides is 1. The van der Waals surface area contributed by atoms with Crippen molar-refractivity contribution in [3.8, 4) is 0 Å². The van der Waals surface area contributed by atoms with E-state index >= 15 is 0 Å². The van der Waals surface area contributed by atoms with E-state index in [0.29, 0.717) is 17.8 Å². The lowest BCUT2D eigenvalue weighted by Crippen LogP contribution is -2.64. The van der Waals surface area contributed by atoms with Crippen molar-refractivity contribution < 1.29 is 19.1 Å². The summed E-state index contributed by atoms with van der Waals surface area (Å²) < 4.78 is 12.0.